The van der Waals surface area contributed by atoms with Crippen LogP contribution in [0, 0.1) is 0 Å². The lowest BCUT2D eigenvalue weighted by atomic mass is 10.0. The van der Waals surface area contributed by atoms with E-state index in [1.807, 2.05) is 13.8 Å². The smallest absolute Gasteiger partial charge is 0.247 e. The van der Waals surface area contributed by atoms with Crippen molar-refractivity contribution in [3.05, 3.63) is 23.2 Å². The van der Waals surface area contributed by atoms with Crippen LogP contribution in [0.25, 0.3) is 0 Å². The van der Waals surface area contributed by atoms with Crippen LogP contribution < -0.4 is 4.74 Å². The zero-order chi connectivity index (χ0) is 14.9. The van der Waals surface area contributed by atoms with Crippen LogP contribution in [-0.2, 0) is 10.0 Å². The van der Waals surface area contributed by atoms with Crippen LogP contribution in [0.1, 0.15) is 33.1 Å². The van der Waals surface area contributed by atoms with Crippen molar-refractivity contribution >= 4 is 21.6 Å². The molecular weight excluding hydrogens is 298 g/mol. The predicted octanol–water partition coefficient (Wildman–Crippen LogP) is 3.30. The minimum Gasteiger partial charge on any atom is -0.495 e. The summed E-state index contributed by atoms with van der Waals surface area (Å²) in [6.07, 6.45) is 2.82. The molecule has 1 saturated heterocycles. The van der Waals surface area contributed by atoms with Gasteiger partial charge in [0.2, 0.25) is 10.0 Å². The second-order valence-corrected chi connectivity index (χ2v) is 7.51. The van der Waals surface area contributed by atoms with Gasteiger partial charge in [0.1, 0.15) is 10.6 Å². The molecule has 20 heavy (non-hydrogen) atoms. The van der Waals surface area contributed by atoms with Gasteiger partial charge < -0.3 is 4.74 Å². The monoisotopic (exact) mass is 317 g/mol. The van der Waals surface area contributed by atoms with Crippen molar-refractivity contribution in [2.75, 3.05) is 7.11 Å². The molecule has 0 bridgehead atoms. The van der Waals surface area contributed by atoms with Gasteiger partial charge in [0.15, 0.2) is 0 Å². The molecule has 1 aliphatic rings. The van der Waals surface area contributed by atoms with Gasteiger partial charge in [-0.05, 0) is 44.9 Å². The number of halogens is 1. The molecule has 0 aromatic heterocycles. The lowest BCUT2D eigenvalue weighted by molar-refractivity contribution is 0.203. The van der Waals surface area contributed by atoms with E-state index < -0.39 is 10.0 Å². The molecule has 1 fully saturated rings. The van der Waals surface area contributed by atoms with Crippen LogP contribution in [0.5, 0.6) is 5.75 Å². The summed E-state index contributed by atoms with van der Waals surface area (Å²) in [5.41, 5.74) is 0. The summed E-state index contributed by atoms with van der Waals surface area (Å²) in [5, 5.41) is 0.390. The minimum atomic E-state index is -3.60. The Kier molecular flexibility index (Phi) is 4.62. The van der Waals surface area contributed by atoms with Crippen LogP contribution in [0.2, 0.25) is 5.02 Å². The fourth-order valence-electron chi connectivity index (χ4n) is 2.84. The second-order valence-electron chi connectivity index (χ2n) is 5.26. The molecule has 1 aliphatic heterocycles. The van der Waals surface area contributed by atoms with Gasteiger partial charge >= 0.3 is 0 Å². The Labute approximate surface area is 125 Å². The van der Waals surface area contributed by atoms with E-state index in [9.17, 15) is 8.42 Å². The zero-order valence-corrected chi connectivity index (χ0v) is 13.5. The normalized spacial score (nSPS) is 24.6. The fraction of sp³-hybridized carbons (Fsp3) is 0.571. The van der Waals surface area contributed by atoms with Crippen LogP contribution in [0.3, 0.4) is 0 Å². The number of rotatable bonds is 3. The second kappa shape index (κ2) is 5.92. The number of benzene rings is 1. The van der Waals surface area contributed by atoms with Crippen molar-refractivity contribution in [1.29, 1.82) is 0 Å². The van der Waals surface area contributed by atoms with Crippen molar-refractivity contribution in [1.82, 2.24) is 4.31 Å². The lowest BCUT2D eigenvalue weighted by Crippen LogP contribution is -2.47. The van der Waals surface area contributed by atoms with E-state index >= 15 is 0 Å². The molecule has 0 N–H and O–H groups in total. The highest BCUT2D eigenvalue weighted by Crippen LogP contribution is 2.34. The number of hydrogen-bond donors (Lipinski definition) is 0. The third-order valence-corrected chi connectivity index (χ3v) is 6.18. The van der Waals surface area contributed by atoms with Gasteiger partial charge in [-0.15, -0.1) is 0 Å². The van der Waals surface area contributed by atoms with E-state index in [0.29, 0.717) is 10.8 Å². The average molecular weight is 318 g/mol. The van der Waals surface area contributed by atoms with Crippen LogP contribution >= 0.6 is 11.6 Å². The minimum absolute atomic E-state index is 0.00700. The summed E-state index contributed by atoms with van der Waals surface area (Å²) in [6, 6.07) is 4.67. The topological polar surface area (TPSA) is 46.6 Å². The lowest BCUT2D eigenvalue weighted by Gasteiger charge is -2.37. The third-order valence-electron chi connectivity index (χ3n) is 3.79. The molecule has 2 unspecified atom stereocenters. The molecule has 0 aliphatic carbocycles. The third kappa shape index (κ3) is 2.80. The van der Waals surface area contributed by atoms with E-state index in [1.54, 1.807) is 16.4 Å². The number of sulfonamides is 1. The van der Waals surface area contributed by atoms with Crippen LogP contribution in [0.15, 0.2) is 23.1 Å². The van der Waals surface area contributed by atoms with Gasteiger partial charge in [0.05, 0.1) is 7.11 Å². The Morgan fingerprint density at radius 3 is 2.40 bits per heavy atom. The first kappa shape index (κ1) is 15.6. The number of methoxy groups -OCH3 is 1. The zero-order valence-electron chi connectivity index (χ0n) is 12.0. The Balaban J connectivity index is 2.51. The first-order valence-electron chi connectivity index (χ1n) is 6.75. The summed E-state index contributed by atoms with van der Waals surface area (Å²) in [7, 11) is -2.14. The molecule has 1 aromatic rings. The van der Waals surface area contributed by atoms with Crippen molar-refractivity contribution in [3.63, 3.8) is 0 Å². The SMILES string of the molecule is COc1ccc(Cl)cc1S(=O)(=O)N1C(C)CCCC1C. The van der Waals surface area contributed by atoms with Gasteiger partial charge in [-0.2, -0.15) is 4.31 Å². The largest absolute Gasteiger partial charge is 0.495 e. The first-order valence-corrected chi connectivity index (χ1v) is 8.57. The molecule has 1 heterocycles. The summed E-state index contributed by atoms with van der Waals surface area (Å²) >= 11 is 5.95. The molecule has 4 nitrogen and oxygen atoms in total. The van der Waals surface area contributed by atoms with Gasteiger partial charge in [-0.25, -0.2) is 8.42 Å². The molecule has 0 saturated carbocycles. The van der Waals surface area contributed by atoms with Gasteiger partial charge in [-0.3, -0.25) is 0 Å². The molecule has 112 valence electrons. The summed E-state index contributed by atoms with van der Waals surface area (Å²) in [5.74, 6) is 0.333. The Morgan fingerprint density at radius 2 is 1.85 bits per heavy atom. The predicted molar refractivity (Wildman–Crippen MR) is 79.8 cm³/mol. The highest BCUT2D eigenvalue weighted by Gasteiger charge is 2.37. The van der Waals surface area contributed by atoms with Crippen LogP contribution in [0.4, 0.5) is 0 Å². The molecule has 1 aromatic carbocycles. The summed E-state index contributed by atoms with van der Waals surface area (Å²) in [4.78, 5) is 0.146. The van der Waals surface area contributed by atoms with E-state index in [0.717, 1.165) is 19.3 Å². The van der Waals surface area contributed by atoms with Crippen molar-refractivity contribution < 1.29 is 13.2 Å². The van der Waals surface area contributed by atoms with Crippen molar-refractivity contribution in [2.24, 2.45) is 0 Å². The van der Waals surface area contributed by atoms with Crippen molar-refractivity contribution in [2.45, 2.75) is 50.1 Å². The van der Waals surface area contributed by atoms with E-state index in [1.165, 1.54) is 13.2 Å². The highest BCUT2D eigenvalue weighted by atomic mass is 35.5. The van der Waals surface area contributed by atoms with E-state index in [4.69, 9.17) is 16.3 Å². The number of ether oxygens (including phenoxy) is 1. The molecular formula is C14H20ClNO3S. The number of nitrogens with zero attached hydrogens (tertiary/aromatic N) is 1. The number of hydrogen-bond acceptors (Lipinski definition) is 3. The molecule has 0 radical (unpaired) electrons. The number of piperidine rings is 1. The Morgan fingerprint density at radius 1 is 1.25 bits per heavy atom. The van der Waals surface area contributed by atoms with Crippen molar-refractivity contribution in [3.8, 4) is 5.75 Å². The van der Waals surface area contributed by atoms with Crippen LogP contribution in [-0.4, -0.2) is 31.9 Å². The highest BCUT2D eigenvalue weighted by molar-refractivity contribution is 7.89. The Hall–Kier alpha value is -0.780. The maximum atomic E-state index is 12.9. The standard InChI is InChI=1S/C14H20ClNO3S/c1-10-5-4-6-11(2)16(10)20(17,18)14-9-12(15)7-8-13(14)19-3/h7-11H,4-6H2,1-3H3. The first-order chi connectivity index (χ1) is 9.37. The van der Waals surface area contributed by atoms with E-state index in [2.05, 4.69) is 0 Å². The molecule has 2 rings (SSSR count). The quantitative estimate of drug-likeness (QED) is 0.859. The molecule has 0 spiro atoms. The molecule has 0 amide bonds. The summed E-state index contributed by atoms with van der Waals surface area (Å²) < 4.78 is 32.6. The average Bonchev–Trinajstić information content (AvgIpc) is 2.38. The molecule has 2 atom stereocenters. The summed E-state index contributed by atoms with van der Waals surface area (Å²) in [6.45, 7) is 3.90. The van der Waals surface area contributed by atoms with E-state index in [-0.39, 0.29) is 17.0 Å². The Bertz CT molecular complexity index is 578. The maximum Gasteiger partial charge on any atom is 0.247 e. The maximum absolute atomic E-state index is 12.9. The molecule has 6 heteroatoms. The van der Waals surface area contributed by atoms with Gasteiger partial charge in [-0.1, -0.05) is 18.0 Å². The van der Waals surface area contributed by atoms with Gasteiger partial charge in [0, 0.05) is 17.1 Å². The van der Waals surface area contributed by atoms with Gasteiger partial charge in [0.25, 0.3) is 0 Å². The fourth-order valence-corrected chi connectivity index (χ4v) is 5.14.